The molecule has 102 valence electrons. The van der Waals surface area contributed by atoms with Crippen molar-refractivity contribution in [1.29, 1.82) is 0 Å². The Morgan fingerprint density at radius 1 is 1.26 bits per heavy atom. The fraction of sp³-hybridized carbons (Fsp3) is 0.438. The molecule has 0 spiro atoms. The lowest BCUT2D eigenvalue weighted by molar-refractivity contribution is 0.747. The highest BCUT2D eigenvalue weighted by Crippen LogP contribution is 2.20. The largest absolute Gasteiger partial charge is 0.316 e. The molecule has 0 saturated carbocycles. The lowest BCUT2D eigenvalue weighted by atomic mass is 10.1. The van der Waals surface area contributed by atoms with E-state index >= 15 is 0 Å². The van der Waals surface area contributed by atoms with Crippen LogP contribution in [0.25, 0.3) is 5.69 Å². The first-order valence-corrected chi connectivity index (χ1v) is 6.95. The molecule has 0 fully saturated rings. The van der Waals surface area contributed by atoms with Gasteiger partial charge in [-0.15, -0.1) is 0 Å². The Labute approximate surface area is 115 Å². The van der Waals surface area contributed by atoms with Gasteiger partial charge >= 0.3 is 0 Å². The molecule has 3 heteroatoms. The van der Waals surface area contributed by atoms with Crippen LogP contribution in [0.5, 0.6) is 0 Å². The Morgan fingerprint density at radius 2 is 2.05 bits per heavy atom. The van der Waals surface area contributed by atoms with Gasteiger partial charge in [-0.3, -0.25) is 0 Å². The number of aromatic nitrogens is 2. The number of hydrogen-bond donors (Lipinski definition) is 1. The van der Waals surface area contributed by atoms with Gasteiger partial charge in [0.25, 0.3) is 0 Å². The topological polar surface area (TPSA) is 29.9 Å². The monoisotopic (exact) mass is 257 g/mol. The van der Waals surface area contributed by atoms with Crippen molar-refractivity contribution in [1.82, 2.24) is 15.1 Å². The van der Waals surface area contributed by atoms with Gasteiger partial charge in [-0.2, -0.15) is 5.10 Å². The molecule has 0 aliphatic heterocycles. The van der Waals surface area contributed by atoms with E-state index in [1.54, 1.807) is 0 Å². The first-order chi connectivity index (χ1) is 9.17. The SMILES string of the molecule is CCCc1c(CNC)cnn1-c1ccc(C)cc1C. The Bertz CT molecular complexity index is 555. The molecule has 1 N–H and O–H groups in total. The molecule has 0 radical (unpaired) electrons. The Balaban J connectivity index is 2.48. The molecule has 19 heavy (non-hydrogen) atoms. The second-order valence-corrected chi connectivity index (χ2v) is 5.10. The molecule has 0 amide bonds. The van der Waals surface area contributed by atoms with Gasteiger partial charge in [0.05, 0.1) is 11.9 Å². The van der Waals surface area contributed by atoms with Crippen molar-refractivity contribution >= 4 is 0 Å². The molecule has 0 atom stereocenters. The zero-order valence-corrected chi connectivity index (χ0v) is 12.3. The summed E-state index contributed by atoms with van der Waals surface area (Å²) in [7, 11) is 1.98. The molecular weight excluding hydrogens is 234 g/mol. The van der Waals surface area contributed by atoms with Gasteiger partial charge in [-0.05, 0) is 38.9 Å². The van der Waals surface area contributed by atoms with Gasteiger partial charge in [-0.1, -0.05) is 31.0 Å². The van der Waals surface area contributed by atoms with Crippen LogP contribution in [0.4, 0.5) is 0 Å². The number of rotatable bonds is 5. The van der Waals surface area contributed by atoms with E-state index in [1.165, 1.54) is 28.1 Å². The van der Waals surface area contributed by atoms with E-state index < -0.39 is 0 Å². The third-order valence-corrected chi connectivity index (χ3v) is 3.39. The van der Waals surface area contributed by atoms with E-state index in [1.807, 2.05) is 13.2 Å². The molecule has 2 rings (SSSR count). The predicted octanol–water partition coefficient (Wildman–Crippen LogP) is 3.16. The summed E-state index contributed by atoms with van der Waals surface area (Å²) in [5, 5.41) is 7.81. The smallest absolute Gasteiger partial charge is 0.0678 e. The van der Waals surface area contributed by atoms with E-state index in [-0.39, 0.29) is 0 Å². The summed E-state index contributed by atoms with van der Waals surface area (Å²) in [4.78, 5) is 0. The number of aryl methyl sites for hydroxylation is 2. The Hall–Kier alpha value is -1.61. The molecule has 0 saturated heterocycles. The first kappa shape index (κ1) is 13.8. The van der Waals surface area contributed by atoms with Crippen LogP contribution < -0.4 is 5.32 Å². The second kappa shape index (κ2) is 6.02. The van der Waals surface area contributed by atoms with Gasteiger partial charge in [-0.25, -0.2) is 4.68 Å². The van der Waals surface area contributed by atoms with Crippen LogP contribution in [0.3, 0.4) is 0 Å². The zero-order valence-electron chi connectivity index (χ0n) is 12.3. The minimum atomic E-state index is 0.875. The van der Waals surface area contributed by atoms with Crippen molar-refractivity contribution in [2.75, 3.05) is 7.05 Å². The molecule has 3 nitrogen and oxygen atoms in total. The van der Waals surface area contributed by atoms with E-state index in [2.05, 4.69) is 54.1 Å². The third-order valence-electron chi connectivity index (χ3n) is 3.39. The highest BCUT2D eigenvalue weighted by molar-refractivity contribution is 5.44. The summed E-state index contributed by atoms with van der Waals surface area (Å²) in [6, 6.07) is 6.53. The van der Waals surface area contributed by atoms with Crippen molar-refractivity contribution in [3.05, 3.63) is 46.8 Å². The lowest BCUT2D eigenvalue weighted by Gasteiger charge is -2.12. The van der Waals surface area contributed by atoms with E-state index in [9.17, 15) is 0 Å². The lowest BCUT2D eigenvalue weighted by Crippen LogP contribution is -2.09. The summed E-state index contributed by atoms with van der Waals surface area (Å²) in [5.74, 6) is 0. The molecule has 0 aliphatic rings. The van der Waals surface area contributed by atoms with Gasteiger partial charge in [0.2, 0.25) is 0 Å². The average molecular weight is 257 g/mol. The second-order valence-electron chi connectivity index (χ2n) is 5.10. The van der Waals surface area contributed by atoms with E-state index in [0.717, 1.165) is 19.4 Å². The minimum absolute atomic E-state index is 0.875. The van der Waals surface area contributed by atoms with Crippen LogP contribution in [-0.4, -0.2) is 16.8 Å². The summed E-state index contributed by atoms with van der Waals surface area (Å²) in [6.45, 7) is 7.36. The molecule has 1 heterocycles. The maximum absolute atomic E-state index is 4.59. The standard InChI is InChI=1S/C16H23N3/c1-5-6-16-14(10-17-4)11-18-19(16)15-8-7-12(2)9-13(15)3/h7-9,11,17H,5-6,10H2,1-4H3. The van der Waals surface area contributed by atoms with Gasteiger partial charge in [0.15, 0.2) is 0 Å². The van der Waals surface area contributed by atoms with Crippen molar-refractivity contribution in [3.8, 4) is 5.69 Å². The van der Waals surface area contributed by atoms with Crippen molar-refractivity contribution < 1.29 is 0 Å². The fourth-order valence-corrected chi connectivity index (χ4v) is 2.50. The molecule has 0 bridgehead atoms. The average Bonchev–Trinajstić information content (AvgIpc) is 2.74. The highest BCUT2D eigenvalue weighted by Gasteiger charge is 2.12. The summed E-state index contributed by atoms with van der Waals surface area (Å²) < 4.78 is 2.10. The Morgan fingerprint density at radius 3 is 2.68 bits per heavy atom. The quantitative estimate of drug-likeness (QED) is 0.891. The molecule has 1 aromatic heterocycles. The highest BCUT2D eigenvalue weighted by atomic mass is 15.3. The maximum Gasteiger partial charge on any atom is 0.0678 e. The molecule has 2 aromatic rings. The zero-order chi connectivity index (χ0) is 13.8. The van der Waals surface area contributed by atoms with Crippen LogP contribution in [0.1, 0.15) is 35.7 Å². The number of nitrogens with one attached hydrogen (secondary N) is 1. The van der Waals surface area contributed by atoms with E-state index in [4.69, 9.17) is 0 Å². The van der Waals surface area contributed by atoms with Crippen LogP contribution >= 0.6 is 0 Å². The fourth-order valence-electron chi connectivity index (χ4n) is 2.50. The molecular formula is C16H23N3. The third kappa shape index (κ3) is 2.87. The summed E-state index contributed by atoms with van der Waals surface area (Å²) in [5.41, 5.74) is 6.38. The van der Waals surface area contributed by atoms with Gasteiger partial charge < -0.3 is 5.32 Å². The van der Waals surface area contributed by atoms with Crippen molar-refractivity contribution in [2.24, 2.45) is 0 Å². The van der Waals surface area contributed by atoms with Crippen LogP contribution in [0.2, 0.25) is 0 Å². The molecule has 0 aliphatic carbocycles. The summed E-state index contributed by atoms with van der Waals surface area (Å²) in [6.07, 6.45) is 4.18. The Kier molecular flexibility index (Phi) is 4.38. The van der Waals surface area contributed by atoms with Crippen LogP contribution in [0, 0.1) is 13.8 Å². The maximum atomic E-state index is 4.59. The van der Waals surface area contributed by atoms with Gasteiger partial charge in [0, 0.05) is 17.8 Å². The first-order valence-electron chi connectivity index (χ1n) is 6.95. The van der Waals surface area contributed by atoms with Crippen LogP contribution in [0.15, 0.2) is 24.4 Å². The van der Waals surface area contributed by atoms with E-state index in [0.29, 0.717) is 0 Å². The number of nitrogens with zero attached hydrogens (tertiary/aromatic N) is 2. The number of hydrogen-bond acceptors (Lipinski definition) is 2. The van der Waals surface area contributed by atoms with Crippen molar-refractivity contribution in [3.63, 3.8) is 0 Å². The van der Waals surface area contributed by atoms with Gasteiger partial charge in [0.1, 0.15) is 0 Å². The van der Waals surface area contributed by atoms with Crippen molar-refractivity contribution in [2.45, 2.75) is 40.2 Å². The van der Waals surface area contributed by atoms with Crippen LogP contribution in [-0.2, 0) is 13.0 Å². The normalized spacial score (nSPS) is 10.9. The molecule has 1 aromatic carbocycles. The predicted molar refractivity (Wildman–Crippen MR) is 79.8 cm³/mol. The molecule has 0 unspecified atom stereocenters. The summed E-state index contributed by atoms with van der Waals surface area (Å²) >= 11 is 0. The number of benzene rings is 1. The minimum Gasteiger partial charge on any atom is -0.316 e.